The van der Waals surface area contributed by atoms with Crippen molar-refractivity contribution in [3.63, 3.8) is 0 Å². The third-order valence-corrected chi connectivity index (χ3v) is 0.534. The van der Waals surface area contributed by atoms with E-state index in [2.05, 4.69) is 15.4 Å². The molecule has 0 atom stereocenters. The number of carbonyl (C=O) groups is 1. The third-order valence-electron chi connectivity index (χ3n) is 0.534. The Morgan fingerprint density at radius 2 is 1.80 bits per heavy atom. The average molecular weight is 178 g/mol. The predicted molar refractivity (Wildman–Crippen MR) is 47.8 cm³/mol. The maximum absolute atomic E-state index is 10.2. The molecule has 0 aromatic rings. The van der Waals surface area contributed by atoms with Gasteiger partial charge in [0.2, 0.25) is 0 Å². The second kappa shape index (κ2) is 8.60. The summed E-state index contributed by atoms with van der Waals surface area (Å²) in [7, 11) is 3.19. The normalized spacial score (nSPS) is 7.80. The van der Waals surface area contributed by atoms with Crippen molar-refractivity contribution in [3.8, 4) is 0 Å². The molecule has 0 N–H and O–H groups in total. The minimum Gasteiger partial charge on any atom is -0.471 e. The molecule has 0 saturated heterocycles. The van der Waals surface area contributed by atoms with Crippen molar-refractivity contribution in [1.82, 2.24) is 0 Å². The third kappa shape index (κ3) is 10.6. The van der Waals surface area contributed by atoms with E-state index < -0.39 is 0 Å². The molecule has 5 heteroatoms. The summed E-state index contributed by atoms with van der Waals surface area (Å²) in [5.41, 5.74) is 0.433. The molecule has 0 radical (unpaired) electrons. The highest BCUT2D eigenvalue weighted by atomic mass is 28.3. The van der Waals surface area contributed by atoms with Crippen LogP contribution in [-0.4, -0.2) is 34.1 Å². The molecule has 0 amide bonds. The summed E-state index contributed by atoms with van der Waals surface area (Å²) in [6.45, 7) is 4.95. The number of ether oxygens (including phenoxy) is 1. The van der Waals surface area contributed by atoms with E-state index in [4.69, 9.17) is 0 Å². The Balaban J connectivity index is 0. The second-order valence-corrected chi connectivity index (χ2v) is 4.95. The average Bonchev–Trinajstić information content (AvgIpc) is 1.88. The molecule has 0 aliphatic carbocycles. The highest BCUT2D eigenvalue weighted by Gasteiger charge is 1.95. The summed E-state index contributed by atoms with van der Waals surface area (Å²) in [5.74, 6) is -0.347. The Labute approximate surface area is 67.5 Å². The van der Waals surface area contributed by atoms with Gasteiger partial charge in [-0.15, -0.1) is 0 Å². The van der Waals surface area contributed by atoms with Gasteiger partial charge in [0.15, 0.2) is 0 Å². The smallest absolute Gasteiger partial charge is 0.332 e. The molecule has 0 fully saturated rings. The summed E-state index contributed by atoms with van der Waals surface area (Å²) in [5, 5.41) is 0. The molecule has 0 aliphatic rings. The van der Waals surface area contributed by atoms with Crippen molar-refractivity contribution in [2.24, 2.45) is 0 Å². The molecule has 0 spiro atoms. The van der Waals surface area contributed by atoms with Gasteiger partial charge in [-0.2, -0.15) is 0 Å². The van der Waals surface area contributed by atoms with Crippen LogP contribution in [-0.2, 0) is 13.6 Å². The molecule has 3 nitrogen and oxygen atoms in total. The van der Waals surface area contributed by atoms with Crippen LogP contribution in [0.5, 0.6) is 0 Å². The van der Waals surface area contributed by atoms with Crippen molar-refractivity contribution >= 4 is 26.9 Å². The maximum atomic E-state index is 10.2. The molecule has 0 bridgehead atoms. The zero-order valence-corrected chi connectivity index (χ0v) is 10.9. The number of hydrogen-bond donors (Lipinski definition) is 0. The van der Waals surface area contributed by atoms with Gasteiger partial charge in [-0.25, -0.2) is 4.79 Å². The lowest BCUT2D eigenvalue weighted by molar-refractivity contribution is -0.136. The summed E-state index contributed by atoms with van der Waals surface area (Å²) < 4.78 is 8.80. The van der Waals surface area contributed by atoms with E-state index in [0.717, 1.165) is 21.0 Å². The molecule has 0 aromatic heterocycles. The summed E-state index contributed by atoms with van der Waals surface area (Å²) in [6, 6.07) is 0. The largest absolute Gasteiger partial charge is 0.471 e. The van der Waals surface area contributed by atoms with Gasteiger partial charge in [0.05, 0.1) is 7.11 Å². The fraction of sp³-hybridized carbons (Fsp3) is 0.400. The molecule has 0 aliphatic heterocycles. The lowest BCUT2D eigenvalue weighted by Gasteiger charge is -1.91. The van der Waals surface area contributed by atoms with E-state index >= 15 is 0 Å². The van der Waals surface area contributed by atoms with Crippen LogP contribution < -0.4 is 0 Å². The quantitative estimate of drug-likeness (QED) is 0.273. The van der Waals surface area contributed by atoms with Gasteiger partial charge in [0.1, 0.15) is 21.0 Å². The first-order valence-corrected chi connectivity index (χ1v) is 4.37. The lowest BCUT2D eigenvalue weighted by atomic mass is 10.4. The first-order chi connectivity index (χ1) is 4.59. The summed E-state index contributed by atoms with van der Waals surface area (Å²) in [6.07, 6.45) is 0. The van der Waals surface area contributed by atoms with Crippen LogP contribution in [0.25, 0.3) is 0 Å². The van der Waals surface area contributed by atoms with Gasteiger partial charge >= 0.3 is 5.97 Å². The van der Waals surface area contributed by atoms with E-state index in [0.29, 0.717) is 5.57 Å². The number of esters is 1. The highest BCUT2D eigenvalue weighted by Crippen LogP contribution is 1.87. The maximum Gasteiger partial charge on any atom is 0.332 e. The van der Waals surface area contributed by atoms with Crippen molar-refractivity contribution in [2.45, 2.75) is 6.92 Å². The molecule has 0 heterocycles. The number of rotatable bonds is 1. The Morgan fingerprint density at radius 3 is 1.80 bits per heavy atom. The summed E-state index contributed by atoms with van der Waals surface area (Å²) in [4.78, 5) is 10.2. The lowest BCUT2D eigenvalue weighted by Crippen LogP contribution is -1.98. The first kappa shape index (κ1) is 12.3. The van der Waals surface area contributed by atoms with E-state index in [1.165, 1.54) is 7.11 Å². The van der Waals surface area contributed by atoms with Crippen molar-refractivity contribution in [1.29, 1.82) is 0 Å². The van der Waals surface area contributed by atoms with E-state index in [1.54, 1.807) is 6.92 Å². The molecule has 0 unspecified atom stereocenters. The standard InChI is InChI=1S/C5H8O2.H6OSi2/c1-4(2)5(6)7-3;2-1-3/h1H2,2-3H3;2-3H3. The minimum absolute atomic E-state index is 0.347. The molecule has 10 heavy (non-hydrogen) atoms. The van der Waals surface area contributed by atoms with Crippen LogP contribution in [0.15, 0.2) is 12.2 Å². The Morgan fingerprint density at radius 1 is 1.50 bits per heavy atom. The van der Waals surface area contributed by atoms with E-state index in [9.17, 15) is 4.79 Å². The number of hydrogen-bond acceptors (Lipinski definition) is 3. The SMILES string of the molecule is C=C(C)C(=O)OC.[SiH3]O[SiH3]. The fourth-order valence-corrected chi connectivity index (χ4v) is 0.174. The van der Waals surface area contributed by atoms with Crippen LogP contribution in [0, 0.1) is 0 Å². The number of carbonyl (C=O) groups excluding carboxylic acids is 1. The van der Waals surface area contributed by atoms with Crippen molar-refractivity contribution < 1.29 is 13.6 Å². The van der Waals surface area contributed by atoms with E-state index in [-0.39, 0.29) is 5.97 Å². The van der Waals surface area contributed by atoms with Crippen LogP contribution in [0.4, 0.5) is 0 Å². The van der Waals surface area contributed by atoms with Gasteiger partial charge in [0.25, 0.3) is 0 Å². The van der Waals surface area contributed by atoms with Crippen LogP contribution in [0.1, 0.15) is 6.92 Å². The molecular formula is C5H14O3Si2. The Kier molecular flexibility index (Phi) is 10.6. The molecule has 0 saturated carbocycles. The van der Waals surface area contributed by atoms with E-state index in [1.807, 2.05) is 0 Å². The van der Waals surface area contributed by atoms with Gasteiger partial charge in [0, 0.05) is 5.57 Å². The Hall–Kier alpha value is -0.396. The topological polar surface area (TPSA) is 35.5 Å². The molecule has 60 valence electrons. The summed E-state index contributed by atoms with van der Waals surface area (Å²) >= 11 is 0. The molecule has 0 rings (SSSR count). The van der Waals surface area contributed by atoms with Crippen molar-refractivity contribution in [2.75, 3.05) is 7.11 Å². The van der Waals surface area contributed by atoms with Gasteiger partial charge in [-0.3, -0.25) is 0 Å². The van der Waals surface area contributed by atoms with Crippen molar-refractivity contribution in [3.05, 3.63) is 12.2 Å². The van der Waals surface area contributed by atoms with Crippen LogP contribution in [0.2, 0.25) is 0 Å². The molecular weight excluding hydrogens is 164 g/mol. The second-order valence-electron chi connectivity index (χ2n) is 1.68. The van der Waals surface area contributed by atoms with Crippen LogP contribution >= 0.6 is 0 Å². The number of methoxy groups -OCH3 is 1. The zero-order chi connectivity index (χ0) is 8.57. The monoisotopic (exact) mass is 178 g/mol. The highest BCUT2D eigenvalue weighted by molar-refractivity contribution is 6.15. The Bertz CT molecular complexity index is 113. The van der Waals surface area contributed by atoms with Gasteiger partial charge in [-0.1, -0.05) is 6.58 Å². The fourth-order valence-electron chi connectivity index (χ4n) is 0.174. The van der Waals surface area contributed by atoms with Gasteiger partial charge in [-0.05, 0) is 6.92 Å². The van der Waals surface area contributed by atoms with Gasteiger partial charge < -0.3 is 8.85 Å². The predicted octanol–water partition coefficient (Wildman–Crippen LogP) is -1.70. The van der Waals surface area contributed by atoms with Crippen LogP contribution in [0.3, 0.4) is 0 Å². The minimum atomic E-state index is -0.347. The first-order valence-electron chi connectivity index (χ1n) is 2.74. The molecule has 0 aromatic carbocycles. The zero-order valence-electron chi connectivity index (χ0n) is 6.93.